The second kappa shape index (κ2) is 5.10. The van der Waals surface area contributed by atoms with Gasteiger partial charge >= 0.3 is 0 Å². The molecule has 8 nitrogen and oxygen atoms in total. The van der Waals surface area contributed by atoms with Crippen molar-refractivity contribution in [3.05, 3.63) is 24.5 Å². The van der Waals surface area contributed by atoms with Crippen LogP contribution < -0.4 is 0 Å². The molecule has 0 unspecified atom stereocenters. The first-order valence-electron chi connectivity index (χ1n) is 5.76. The SMILES string of the molecule is CCn1cc(S(=O)(=O)N(C)Cc2nncn2C)cn1. The van der Waals surface area contributed by atoms with E-state index >= 15 is 0 Å². The molecule has 2 heterocycles. The van der Waals surface area contributed by atoms with E-state index in [2.05, 4.69) is 15.3 Å². The largest absolute Gasteiger partial charge is 0.320 e. The van der Waals surface area contributed by atoms with Gasteiger partial charge in [0.1, 0.15) is 17.0 Å². The number of rotatable bonds is 5. The number of nitrogens with zero attached hydrogens (tertiary/aromatic N) is 6. The monoisotopic (exact) mass is 284 g/mol. The van der Waals surface area contributed by atoms with Crippen LogP contribution in [0.3, 0.4) is 0 Å². The summed E-state index contributed by atoms with van der Waals surface area (Å²) >= 11 is 0. The molecule has 0 atom stereocenters. The average molecular weight is 284 g/mol. The molecular weight excluding hydrogens is 268 g/mol. The van der Waals surface area contributed by atoms with Gasteiger partial charge in [0.25, 0.3) is 0 Å². The Kier molecular flexibility index (Phi) is 3.67. The predicted octanol–water partition coefficient (Wildman–Crippen LogP) is -0.148. The van der Waals surface area contributed by atoms with Crippen LogP contribution in [0.5, 0.6) is 0 Å². The van der Waals surface area contributed by atoms with Gasteiger partial charge in [0, 0.05) is 26.8 Å². The van der Waals surface area contributed by atoms with E-state index in [1.165, 1.54) is 30.1 Å². The zero-order valence-electron chi connectivity index (χ0n) is 11.1. The van der Waals surface area contributed by atoms with Crippen molar-refractivity contribution in [1.29, 1.82) is 0 Å². The third-order valence-electron chi connectivity index (χ3n) is 2.81. The molecule has 0 aliphatic rings. The lowest BCUT2D eigenvalue weighted by molar-refractivity contribution is 0.450. The average Bonchev–Trinajstić information content (AvgIpc) is 2.99. The summed E-state index contributed by atoms with van der Waals surface area (Å²) in [5.74, 6) is 0.578. The lowest BCUT2D eigenvalue weighted by Crippen LogP contribution is -2.27. The first-order valence-corrected chi connectivity index (χ1v) is 7.20. The molecule has 0 radical (unpaired) electrons. The molecule has 0 saturated heterocycles. The molecule has 2 aromatic heterocycles. The second-order valence-electron chi connectivity index (χ2n) is 4.15. The van der Waals surface area contributed by atoms with Crippen LogP contribution in [-0.2, 0) is 30.2 Å². The molecule has 0 spiro atoms. The number of aryl methyl sites for hydroxylation is 2. The van der Waals surface area contributed by atoms with Crippen molar-refractivity contribution in [2.75, 3.05) is 7.05 Å². The normalized spacial score (nSPS) is 12.2. The van der Waals surface area contributed by atoms with Gasteiger partial charge in [-0.3, -0.25) is 4.68 Å². The van der Waals surface area contributed by atoms with Gasteiger partial charge in [0.2, 0.25) is 10.0 Å². The first-order chi connectivity index (χ1) is 8.95. The molecule has 19 heavy (non-hydrogen) atoms. The third-order valence-corrected chi connectivity index (χ3v) is 4.57. The van der Waals surface area contributed by atoms with Crippen LogP contribution in [0.15, 0.2) is 23.6 Å². The maximum Gasteiger partial charge on any atom is 0.246 e. The van der Waals surface area contributed by atoms with Gasteiger partial charge < -0.3 is 4.57 Å². The smallest absolute Gasteiger partial charge is 0.246 e. The first kappa shape index (κ1) is 13.7. The molecule has 0 aromatic carbocycles. The van der Waals surface area contributed by atoms with Crippen LogP contribution in [0.4, 0.5) is 0 Å². The van der Waals surface area contributed by atoms with Gasteiger partial charge in [-0.25, -0.2) is 8.42 Å². The summed E-state index contributed by atoms with van der Waals surface area (Å²) in [6.45, 7) is 2.69. The van der Waals surface area contributed by atoms with Crippen LogP contribution in [0, 0.1) is 0 Å². The zero-order valence-corrected chi connectivity index (χ0v) is 11.9. The molecule has 0 bridgehead atoms. The summed E-state index contributed by atoms with van der Waals surface area (Å²) in [7, 11) is -0.276. The Hall–Kier alpha value is -1.74. The fourth-order valence-corrected chi connectivity index (χ4v) is 2.65. The Morgan fingerprint density at radius 3 is 2.68 bits per heavy atom. The summed E-state index contributed by atoms with van der Waals surface area (Å²) in [6, 6.07) is 0. The van der Waals surface area contributed by atoms with E-state index in [1.54, 1.807) is 16.3 Å². The molecule has 9 heteroatoms. The van der Waals surface area contributed by atoms with Crippen molar-refractivity contribution in [2.45, 2.75) is 24.9 Å². The maximum absolute atomic E-state index is 12.3. The molecule has 0 aliphatic heterocycles. The van der Waals surface area contributed by atoms with E-state index in [-0.39, 0.29) is 11.4 Å². The van der Waals surface area contributed by atoms with Crippen LogP contribution in [0.25, 0.3) is 0 Å². The summed E-state index contributed by atoms with van der Waals surface area (Å²) < 4.78 is 29.1. The van der Waals surface area contributed by atoms with Gasteiger partial charge in [-0.15, -0.1) is 10.2 Å². The van der Waals surface area contributed by atoms with Gasteiger partial charge in [-0.2, -0.15) is 9.40 Å². The lowest BCUT2D eigenvalue weighted by atomic mass is 10.6. The number of hydrogen-bond acceptors (Lipinski definition) is 5. The minimum Gasteiger partial charge on any atom is -0.320 e. The molecule has 2 rings (SSSR count). The van der Waals surface area contributed by atoms with Crippen LogP contribution in [0.2, 0.25) is 0 Å². The van der Waals surface area contributed by atoms with E-state index in [9.17, 15) is 8.42 Å². The second-order valence-corrected chi connectivity index (χ2v) is 6.20. The van der Waals surface area contributed by atoms with Crippen molar-refractivity contribution >= 4 is 10.0 Å². The fourth-order valence-electron chi connectivity index (χ4n) is 1.57. The van der Waals surface area contributed by atoms with Gasteiger partial charge in [-0.05, 0) is 6.92 Å². The topological polar surface area (TPSA) is 85.9 Å². The van der Waals surface area contributed by atoms with Crippen molar-refractivity contribution in [3.8, 4) is 0 Å². The van der Waals surface area contributed by atoms with Gasteiger partial charge in [0.05, 0.1) is 12.7 Å². The van der Waals surface area contributed by atoms with E-state index in [0.29, 0.717) is 12.4 Å². The van der Waals surface area contributed by atoms with Gasteiger partial charge in [0.15, 0.2) is 0 Å². The van der Waals surface area contributed by atoms with E-state index < -0.39 is 10.0 Å². The maximum atomic E-state index is 12.3. The lowest BCUT2D eigenvalue weighted by Gasteiger charge is -2.15. The van der Waals surface area contributed by atoms with E-state index in [0.717, 1.165) is 0 Å². The molecule has 0 fully saturated rings. The number of sulfonamides is 1. The molecular formula is C10H16N6O2S. The predicted molar refractivity (Wildman–Crippen MR) is 67.6 cm³/mol. The van der Waals surface area contributed by atoms with Crippen molar-refractivity contribution < 1.29 is 8.42 Å². The van der Waals surface area contributed by atoms with E-state index in [1.807, 2.05) is 6.92 Å². The Balaban J connectivity index is 2.22. The molecule has 104 valence electrons. The molecule has 0 aliphatic carbocycles. The summed E-state index contributed by atoms with van der Waals surface area (Å²) in [6.07, 6.45) is 4.40. The van der Waals surface area contributed by atoms with Crippen molar-refractivity contribution in [3.63, 3.8) is 0 Å². The Bertz CT molecular complexity index is 659. The quantitative estimate of drug-likeness (QED) is 0.762. The number of hydrogen-bond donors (Lipinski definition) is 0. The third kappa shape index (κ3) is 2.66. The molecule has 0 amide bonds. The molecule has 0 N–H and O–H groups in total. The summed E-state index contributed by atoms with van der Waals surface area (Å²) in [5, 5.41) is 11.6. The van der Waals surface area contributed by atoms with E-state index in [4.69, 9.17) is 0 Å². The highest BCUT2D eigenvalue weighted by Gasteiger charge is 2.23. The Labute approximate surface area is 111 Å². The van der Waals surface area contributed by atoms with Crippen LogP contribution >= 0.6 is 0 Å². The van der Waals surface area contributed by atoms with Crippen molar-refractivity contribution in [2.24, 2.45) is 7.05 Å². The number of aromatic nitrogens is 5. The fraction of sp³-hybridized carbons (Fsp3) is 0.500. The molecule has 2 aromatic rings. The minimum absolute atomic E-state index is 0.163. The standard InChI is InChI=1S/C10H16N6O2S/c1-4-16-6-9(5-12-16)19(17,18)15(3)7-10-13-11-8-14(10)2/h5-6,8H,4,7H2,1-3H3. The zero-order chi connectivity index (χ0) is 14.0. The summed E-state index contributed by atoms with van der Waals surface area (Å²) in [5.41, 5.74) is 0. The van der Waals surface area contributed by atoms with Crippen LogP contribution in [0.1, 0.15) is 12.7 Å². The van der Waals surface area contributed by atoms with Crippen molar-refractivity contribution in [1.82, 2.24) is 28.9 Å². The summed E-state index contributed by atoms with van der Waals surface area (Å²) in [4.78, 5) is 0.180. The minimum atomic E-state index is -3.55. The highest BCUT2D eigenvalue weighted by atomic mass is 32.2. The Morgan fingerprint density at radius 2 is 2.16 bits per heavy atom. The highest BCUT2D eigenvalue weighted by Crippen LogP contribution is 2.15. The molecule has 0 saturated carbocycles. The van der Waals surface area contributed by atoms with Crippen LogP contribution in [-0.4, -0.2) is 44.3 Å². The van der Waals surface area contributed by atoms with Gasteiger partial charge in [-0.1, -0.05) is 0 Å². The Morgan fingerprint density at radius 1 is 1.42 bits per heavy atom. The highest BCUT2D eigenvalue weighted by molar-refractivity contribution is 7.89.